The molecular weight excluding hydrogens is 445 g/mol. The summed E-state index contributed by atoms with van der Waals surface area (Å²) in [5.74, 6) is -0.607. The fraction of sp³-hybridized carbons (Fsp3) is 0.238. The van der Waals surface area contributed by atoms with Crippen LogP contribution in [0.3, 0.4) is 0 Å². The SMILES string of the molecule is O=S(=O)(CCCc1ccccc1)NCC(c1ccc(F)cc1)S(=O)(=O)c1cccs1. The first kappa shape index (κ1) is 22.6. The monoisotopic (exact) mass is 467 g/mol. The van der Waals surface area contributed by atoms with Crippen molar-refractivity contribution in [1.82, 2.24) is 4.72 Å². The van der Waals surface area contributed by atoms with E-state index in [1.807, 2.05) is 30.3 Å². The van der Waals surface area contributed by atoms with E-state index >= 15 is 0 Å². The van der Waals surface area contributed by atoms with Crippen LogP contribution >= 0.6 is 11.3 Å². The lowest BCUT2D eigenvalue weighted by Crippen LogP contribution is -2.33. The summed E-state index contributed by atoms with van der Waals surface area (Å²) in [6.07, 6.45) is 1.02. The highest BCUT2D eigenvalue weighted by molar-refractivity contribution is 7.93. The second-order valence-corrected chi connectivity index (χ2v) is 12.0. The normalized spacial score (nSPS) is 13.2. The van der Waals surface area contributed by atoms with Gasteiger partial charge in [-0.05, 0) is 47.5 Å². The van der Waals surface area contributed by atoms with Crippen LogP contribution in [0, 0.1) is 5.82 Å². The molecule has 0 saturated carbocycles. The lowest BCUT2D eigenvalue weighted by molar-refractivity contribution is 0.567. The van der Waals surface area contributed by atoms with Crippen molar-refractivity contribution in [3.05, 3.63) is 89.1 Å². The molecule has 0 spiro atoms. The Hall–Kier alpha value is -2.07. The van der Waals surface area contributed by atoms with E-state index in [-0.39, 0.29) is 16.5 Å². The number of sulfonamides is 1. The molecule has 3 aromatic rings. The molecule has 0 bridgehead atoms. The Labute approximate surface area is 180 Å². The molecule has 0 amide bonds. The average Bonchev–Trinajstić information content (AvgIpc) is 3.26. The second-order valence-electron chi connectivity index (χ2n) is 6.77. The van der Waals surface area contributed by atoms with E-state index in [0.717, 1.165) is 16.9 Å². The smallest absolute Gasteiger partial charge is 0.211 e. The highest BCUT2D eigenvalue weighted by Crippen LogP contribution is 2.31. The lowest BCUT2D eigenvalue weighted by Gasteiger charge is -2.18. The summed E-state index contributed by atoms with van der Waals surface area (Å²) in [5.41, 5.74) is 1.37. The van der Waals surface area contributed by atoms with Gasteiger partial charge in [-0.1, -0.05) is 48.5 Å². The third kappa shape index (κ3) is 5.98. The van der Waals surface area contributed by atoms with Gasteiger partial charge < -0.3 is 0 Å². The summed E-state index contributed by atoms with van der Waals surface area (Å²) in [5, 5.41) is 0.489. The zero-order chi connectivity index (χ0) is 21.6. The van der Waals surface area contributed by atoms with Crippen molar-refractivity contribution in [2.24, 2.45) is 0 Å². The van der Waals surface area contributed by atoms with Crippen LogP contribution in [0.5, 0.6) is 0 Å². The summed E-state index contributed by atoms with van der Waals surface area (Å²) in [6, 6.07) is 17.7. The first-order valence-electron chi connectivity index (χ1n) is 9.32. The number of benzene rings is 2. The Morgan fingerprint density at radius 3 is 2.23 bits per heavy atom. The molecule has 30 heavy (non-hydrogen) atoms. The highest BCUT2D eigenvalue weighted by atomic mass is 32.2. The van der Waals surface area contributed by atoms with Crippen LogP contribution in [0.1, 0.15) is 22.8 Å². The van der Waals surface area contributed by atoms with Gasteiger partial charge in [-0.3, -0.25) is 0 Å². The molecule has 1 heterocycles. The van der Waals surface area contributed by atoms with Crippen LogP contribution in [0.4, 0.5) is 4.39 Å². The van der Waals surface area contributed by atoms with E-state index in [1.54, 1.807) is 11.4 Å². The topological polar surface area (TPSA) is 80.3 Å². The van der Waals surface area contributed by atoms with Crippen molar-refractivity contribution in [2.75, 3.05) is 12.3 Å². The molecule has 0 saturated heterocycles. The average molecular weight is 468 g/mol. The number of hydrogen-bond donors (Lipinski definition) is 1. The number of nitrogens with one attached hydrogen (secondary N) is 1. The molecule has 9 heteroatoms. The predicted octanol–water partition coefficient (Wildman–Crippen LogP) is 3.95. The van der Waals surface area contributed by atoms with Gasteiger partial charge in [0, 0.05) is 6.54 Å². The maximum atomic E-state index is 13.3. The molecule has 1 aromatic heterocycles. The zero-order valence-electron chi connectivity index (χ0n) is 16.1. The largest absolute Gasteiger partial charge is 0.222 e. The number of halogens is 1. The predicted molar refractivity (Wildman–Crippen MR) is 117 cm³/mol. The second kappa shape index (κ2) is 9.82. The number of hydrogen-bond acceptors (Lipinski definition) is 5. The Morgan fingerprint density at radius 1 is 0.900 bits per heavy atom. The number of sulfone groups is 1. The van der Waals surface area contributed by atoms with Gasteiger partial charge in [0.15, 0.2) is 9.84 Å². The van der Waals surface area contributed by atoms with Gasteiger partial charge in [0.25, 0.3) is 0 Å². The van der Waals surface area contributed by atoms with Crippen LogP contribution in [-0.2, 0) is 26.3 Å². The Kier molecular flexibility index (Phi) is 7.41. The molecule has 160 valence electrons. The van der Waals surface area contributed by atoms with Gasteiger partial charge in [-0.15, -0.1) is 11.3 Å². The van der Waals surface area contributed by atoms with Crippen LogP contribution < -0.4 is 4.72 Å². The number of aryl methyl sites for hydroxylation is 1. The standard InChI is InChI=1S/C21H22FNO4S3/c22-19-12-10-18(11-13-19)20(30(26,27)21-9-4-14-28-21)16-23-29(24,25)15-5-8-17-6-2-1-3-7-17/h1-4,6-7,9-14,20,23H,5,8,15-16H2. The fourth-order valence-corrected chi connectivity index (χ4v) is 7.10. The zero-order valence-corrected chi connectivity index (χ0v) is 18.5. The Morgan fingerprint density at radius 2 is 1.60 bits per heavy atom. The maximum absolute atomic E-state index is 13.3. The first-order chi connectivity index (χ1) is 14.3. The summed E-state index contributed by atoms with van der Waals surface area (Å²) in [6.45, 7) is -0.320. The van der Waals surface area contributed by atoms with Crippen molar-refractivity contribution in [3.63, 3.8) is 0 Å². The van der Waals surface area contributed by atoms with Gasteiger partial charge in [-0.2, -0.15) is 0 Å². The van der Waals surface area contributed by atoms with Crippen molar-refractivity contribution < 1.29 is 21.2 Å². The van der Waals surface area contributed by atoms with E-state index in [1.165, 1.54) is 30.3 Å². The van der Waals surface area contributed by atoms with Crippen LogP contribution in [-0.4, -0.2) is 29.1 Å². The van der Waals surface area contributed by atoms with Gasteiger partial charge in [0.2, 0.25) is 10.0 Å². The highest BCUT2D eigenvalue weighted by Gasteiger charge is 2.31. The molecule has 1 unspecified atom stereocenters. The number of rotatable bonds is 10. The fourth-order valence-electron chi connectivity index (χ4n) is 3.04. The molecular formula is C21H22FNO4S3. The molecule has 3 rings (SSSR count). The van der Waals surface area contributed by atoms with Crippen molar-refractivity contribution in [1.29, 1.82) is 0 Å². The third-order valence-electron chi connectivity index (χ3n) is 4.60. The molecule has 5 nitrogen and oxygen atoms in total. The first-order valence-corrected chi connectivity index (χ1v) is 13.4. The molecule has 0 aliphatic heterocycles. The van der Waals surface area contributed by atoms with E-state index < -0.39 is 30.9 Å². The third-order valence-corrected chi connectivity index (χ3v) is 9.57. The minimum atomic E-state index is -3.84. The van der Waals surface area contributed by atoms with Crippen LogP contribution in [0.2, 0.25) is 0 Å². The summed E-state index contributed by atoms with van der Waals surface area (Å²) >= 11 is 1.06. The summed E-state index contributed by atoms with van der Waals surface area (Å²) < 4.78 is 67.0. The van der Waals surface area contributed by atoms with Crippen molar-refractivity contribution >= 4 is 31.2 Å². The molecule has 0 radical (unpaired) electrons. The quantitative estimate of drug-likeness (QED) is 0.490. The van der Waals surface area contributed by atoms with E-state index in [4.69, 9.17) is 0 Å². The summed E-state index contributed by atoms with van der Waals surface area (Å²) in [7, 11) is -7.52. The van der Waals surface area contributed by atoms with Gasteiger partial charge in [-0.25, -0.2) is 25.9 Å². The Balaban J connectivity index is 1.72. The minimum absolute atomic E-state index is 0.114. The molecule has 0 aliphatic rings. The van der Waals surface area contributed by atoms with E-state index in [9.17, 15) is 21.2 Å². The van der Waals surface area contributed by atoms with Crippen LogP contribution in [0.15, 0.2) is 76.3 Å². The van der Waals surface area contributed by atoms with Crippen LogP contribution in [0.25, 0.3) is 0 Å². The minimum Gasteiger partial charge on any atom is -0.222 e. The maximum Gasteiger partial charge on any atom is 0.211 e. The van der Waals surface area contributed by atoms with E-state index in [0.29, 0.717) is 18.4 Å². The molecule has 0 fully saturated rings. The number of thiophene rings is 1. The molecule has 1 atom stereocenters. The van der Waals surface area contributed by atoms with Gasteiger partial charge >= 0.3 is 0 Å². The molecule has 0 aliphatic carbocycles. The molecule has 1 N–H and O–H groups in total. The lowest BCUT2D eigenvalue weighted by atomic mass is 10.1. The summed E-state index contributed by atoms with van der Waals surface area (Å²) in [4.78, 5) is 0. The molecule has 2 aromatic carbocycles. The van der Waals surface area contributed by atoms with Crippen molar-refractivity contribution in [2.45, 2.75) is 22.3 Å². The van der Waals surface area contributed by atoms with Gasteiger partial charge in [0.05, 0.1) is 5.75 Å². The van der Waals surface area contributed by atoms with Gasteiger partial charge in [0.1, 0.15) is 15.3 Å². The van der Waals surface area contributed by atoms with E-state index in [2.05, 4.69) is 4.72 Å². The van der Waals surface area contributed by atoms with Crippen molar-refractivity contribution in [3.8, 4) is 0 Å². The Bertz CT molecular complexity index is 1140.